The minimum absolute atomic E-state index is 0.575. The molecule has 1 saturated carbocycles. The van der Waals surface area contributed by atoms with Gasteiger partial charge in [-0.1, -0.05) is 32.9 Å². The summed E-state index contributed by atoms with van der Waals surface area (Å²) in [7, 11) is 0. The first-order valence-electron chi connectivity index (χ1n) is 4.21. The van der Waals surface area contributed by atoms with Crippen LogP contribution >= 0.6 is 0 Å². The van der Waals surface area contributed by atoms with E-state index in [1.165, 1.54) is 6.42 Å². The lowest BCUT2D eigenvalue weighted by Crippen LogP contribution is -2.40. The SMILES string of the molecule is CC=CC1C(C)CC1(C)C. The molecular weight excluding hydrogens is 120 g/mol. The van der Waals surface area contributed by atoms with Crippen molar-refractivity contribution in [3.8, 4) is 0 Å². The van der Waals surface area contributed by atoms with Gasteiger partial charge in [0.05, 0.1) is 0 Å². The summed E-state index contributed by atoms with van der Waals surface area (Å²) in [5, 5.41) is 0. The Morgan fingerprint density at radius 3 is 2.20 bits per heavy atom. The van der Waals surface area contributed by atoms with Crippen molar-refractivity contribution < 1.29 is 0 Å². The van der Waals surface area contributed by atoms with Crippen LogP contribution in [0.5, 0.6) is 0 Å². The van der Waals surface area contributed by atoms with Gasteiger partial charge in [-0.3, -0.25) is 0 Å². The fraction of sp³-hybridized carbons (Fsp3) is 0.800. The lowest BCUT2D eigenvalue weighted by Gasteiger charge is -2.49. The standard InChI is InChI=1S/C10H18/c1-5-6-9-8(2)7-10(9,3)4/h5-6,8-9H,7H2,1-4H3. The minimum atomic E-state index is 0.575. The molecule has 0 bridgehead atoms. The Balaban J connectivity index is 2.57. The van der Waals surface area contributed by atoms with Crippen LogP contribution in [0.3, 0.4) is 0 Å². The van der Waals surface area contributed by atoms with Crippen LogP contribution < -0.4 is 0 Å². The molecule has 0 aliphatic heterocycles. The lowest BCUT2D eigenvalue weighted by molar-refractivity contribution is 0.0380. The van der Waals surface area contributed by atoms with Crippen molar-refractivity contribution in [3.05, 3.63) is 12.2 Å². The van der Waals surface area contributed by atoms with Crippen molar-refractivity contribution in [1.29, 1.82) is 0 Å². The van der Waals surface area contributed by atoms with Crippen LogP contribution in [0.15, 0.2) is 12.2 Å². The zero-order valence-corrected chi connectivity index (χ0v) is 7.52. The Bertz CT molecular complexity index is 142. The van der Waals surface area contributed by atoms with Gasteiger partial charge in [0.15, 0.2) is 0 Å². The summed E-state index contributed by atoms with van der Waals surface area (Å²) in [6, 6.07) is 0. The third-order valence-electron chi connectivity index (χ3n) is 2.76. The molecule has 1 fully saturated rings. The third kappa shape index (κ3) is 1.12. The van der Waals surface area contributed by atoms with Gasteiger partial charge in [0.25, 0.3) is 0 Å². The van der Waals surface area contributed by atoms with Gasteiger partial charge in [0.1, 0.15) is 0 Å². The summed E-state index contributed by atoms with van der Waals surface area (Å²) in [4.78, 5) is 0. The number of rotatable bonds is 1. The fourth-order valence-electron chi connectivity index (χ4n) is 2.36. The highest BCUT2D eigenvalue weighted by atomic mass is 14.5. The van der Waals surface area contributed by atoms with Crippen molar-refractivity contribution in [2.45, 2.75) is 34.1 Å². The van der Waals surface area contributed by atoms with E-state index in [0.29, 0.717) is 5.41 Å². The fourth-order valence-corrected chi connectivity index (χ4v) is 2.36. The molecule has 0 heteroatoms. The van der Waals surface area contributed by atoms with Crippen molar-refractivity contribution in [2.75, 3.05) is 0 Å². The summed E-state index contributed by atoms with van der Waals surface area (Å²) in [5.41, 5.74) is 0.575. The Labute approximate surface area is 64.3 Å². The first-order valence-corrected chi connectivity index (χ1v) is 4.21. The second-order valence-electron chi connectivity index (χ2n) is 4.22. The smallest absolute Gasteiger partial charge is 0.0156 e. The molecule has 58 valence electrons. The molecule has 1 rings (SSSR count). The van der Waals surface area contributed by atoms with Crippen LogP contribution in [0.1, 0.15) is 34.1 Å². The molecule has 0 nitrogen and oxygen atoms in total. The van der Waals surface area contributed by atoms with Crippen LogP contribution in [0.4, 0.5) is 0 Å². The molecule has 1 aliphatic carbocycles. The van der Waals surface area contributed by atoms with E-state index in [1.807, 2.05) is 0 Å². The maximum absolute atomic E-state index is 2.36. The predicted octanol–water partition coefficient (Wildman–Crippen LogP) is 3.24. The monoisotopic (exact) mass is 138 g/mol. The molecule has 0 aromatic rings. The van der Waals surface area contributed by atoms with Gasteiger partial charge in [-0.05, 0) is 30.6 Å². The maximum Gasteiger partial charge on any atom is -0.0156 e. The Kier molecular flexibility index (Phi) is 1.89. The summed E-state index contributed by atoms with van der Waals surface area (Å²) >= 11 is 0. The molecule has 0 spiro atoms. The van der Waals surface area contributed by atoms with Crippen molar-refractivity contribution in [3.63, 3.8) is 0 Å². The molecule has 0 heterocycles. The lowest BCUT2D eigenvalue weighted by atomic mass is 9.56. The second-order valence-corrected chi connectivity index (χ2v) is 4.22. The average molecular weight is 138 g/mol. The molecule has 0 N–H and O–H groups in total. The van der Waals surface area contributed by atoms with Gasteiger partial charge in [-0.2, -0.15) is 0 Å². The van der Waals surface area contributed by atoms with Crippen LogP contribution in [0, 0.1) is 17.3 Å². The van der Waals surface area contributed by atoms with Gasteiger partial charge in [-0.25, -0.2) is 0 Å². The largest absolute Gasteiger partial charge is 0.0914 e. The van der Waals surface area contributed by atoms with Crippen LogP contribution in [0.25, 0.3) is 0 Å². The van der Waals surface area contributed by atoms with Gasteiger partial charge >= 0.3 is 0 Å². The Morgan fingerprint density at radius 1 is 1.40 bits per heavy atom. The summed E-state index contributed by atoms with van der Waals surface area (Å²) < 4.78 is 0. The number of hydrogen-bond acceptors (Lipinski definition) is 0. The number of hydrogen-bond donors (Lipinski definition) is 0. The van der Waals surface area contributed by atoms with E-state index in [0.717, 1.165) is 11.8 Å². The molecule has 2 unspecified atom stereocenters. The minimum Gasteiger partial charge on any atom is -0.0914 e. The number of allylic oxidation sites excluding steroid dienone is 2. The van der Waals surface area contributed by atoms with E-state index < -0.39 is 0 Å². The van der Waals surface area contributed by atoms with E-state index in [4.69, 9.17) is 0 Å². The van der Waals surface area contributed by atoms with Crippen molar-refractivity contribution in [2.24, 2.45) is 17.3 Å². The summed E-state index contributed by atoms with van der Waals surface area (Å²) in [6.45, 7) is 9.17. The predicted molar refractivity (Wildman–Crippen MR) is 45.9 cm³/mol. The third-order valence-corrected chi connectivity index (χ3v) is 2.76. The zero-order valence-electron chi connectivity index (χ0n) is 7.52. The molecule has 0 amide bonds. The van der Waals surface area contributed by atoms with E-state index in [1.54, 1.807) is 0 Å². The molecule has 0 saturated heterocycles. The van der Waals surface area contributed by atoms with E-state index in [2.05, 4.69) is 39.8 Å². The Morgan fingerprint density at radius 2 is 2.00 bits per heavy atom. The quantitative estimate of drug-likeness (QED) is 0.488. The first kappa shape index (κ1) is 7.84. The molecular formula is C10H18. The highest BCUT2D eigenvalue weighted by molar-refractivity contribution is 5.04. The second kappa shape index (κ2) is 2.41. The first-order chi connectivity index (χ1) is 4.58. The average Bonchev–Trinajstić information content (AvgIpc) is 1.82. The topological polar surface area (TPSA) is 0 Å². The van der Waals surface area contributed by atoms with Gasteiger partial charge < -0.3 is 0 Å². The van der Waals surface area contributed by atoms with E-state index in [9.17, 15) is 0 Å². The van der Waals surface area contributed by atoms with Crippen molar-refractivity contribution >= 4 is 0 Å². The Hall–Kier alpha value is -0.260. The van der Waals surface area contributed by atoms with Gasteiger partial charge in [-0.15, -0.1) is 0 Å². The highest BCUT2D eigenvalue weighted by Gasteiger charge is 2.42. The van der Waals surface area contributed by atoms with E-state index >= 15 is 0 Å². The van der Waals surface area contributed by atoms with Crippen LogP contribution in [0.2, 0.25) is 0 Å². The molecule has 1 aliphatic rings. The zero-order chi connectivity index (χ0) is 7.78. The molecule has 2 atom stereocenters. The maximum atomic E-state index is 2.36. The molecule has 0 aromatic heterocycles. The van der Waals surface area contributed by atoms with E-state index in [-0.39, 0.29) is 0 Å². The molecule has 0 aromatic carbocycles. The van der Waals surface area contributed by atoms with Gasteiger partial charge in [0, 0.05) is 0 Å². The van der Waals surface area contributed by atoms with Crippen LogP contribution in [-0.4, -0.2) is 0 Å². The normalized spacial score (nSPS) is 38.0. The van der Waals surface area contributed by atoms with Crippen molar-refractivity contribution in [1.82, 2.24) is 0 Å². The van der Waals surface area contributed by atoms with Gasteiger partial charge in [0.2, 0.25) is 0 Å². The summed E-state index contributed by atoms with van der Waals surface area (Å²) in [6.07, 6.45) is 5.93. The summed E-state index contributed by atoms with van der Waals surface area (Å²) in [5.74, 6) is 1.74. The molecule has 10 heavy (non-hydrogen) atoms. The van der Waals surface area contributed by atoms with Crippen LogP contribution in [-0.2, 0) is 0 Å². The molecule has 0 radical (unpaired) electrons. The highest BCUT2D eigenvalue weighted by Crippen LogP contribution is 2.50.